The van der Waals surface area contributed by atoms with Crippen LogP contribution in [-0.2, 0) is 54.2 Å². The van der Waals surface area contributed by atoms with Crippen LogP contribution >= 0.6 is 0 Å². The molecule has 0 bridgehead atoms. The predicted octanol–water partition coefficient (Wildman–Crippen LogP) is -2.82. The third-order valence-electron chi connectivity index (χ3n) is 13.3. The molecule has 0 radical (unpaired) electrons. The Morgan fingerprint density at radius 3 is 2.14 bits per heavy atom. The number of ether oxygens (including phenoxy) is 5. The van der Waals surface area contributed by atoms with Gasteiger partial charge in [0.15, 0.2) is 18.8 Å². The average molecular weight is 1080 g/mol. The van der Waals surface area contributed by atoms with E-state index in [1.165, 1.54) is 6.08 Å². The highest BCUT2D eigenvalue weighted by atomic mass is 16.8. The lowest BCUT2D eigenvalue weighted by Gasteiger charge is -2.47. The number of nitrogens with zero attached hydrogens (tertiary/aromatic N) is 2. The summed E-state index contributed by atoms with van der Waals surface area (Å²) in [6, 6.07) is 12.4. The van der Waals surface area contributed by atoms with E-state index in [1.807, 2.05) is 55.2 Å². The van der Waals surface area contributed by atoms with E-state index in [2.05, 4.69) is 27.8 Å². The number of benzene rings is 2. The van der Waals surface area contributed by atoms with Crippen molar-refractivity contribution in [2.75, 3.05) is 18.1 Å². The van der Waals surface area contributed by atoms with Crippen LogP contribution in [0.1, 0.15) is 75.8 Å². The van der Waals surface area contributed by atoms with Crippen molar-refractivity contribution in [2.24, 2.45) is 5.92 Å². The van der Waals surface area contributed by atoms with Crippen molar-refractivity contribution in [3.63, 3.8) is 0 Å². The number of anilines is 1. The van der Waals surface area contributed by atoms with E-state index in [-0.39, 0.29) is 37.8 Å². The molecule has 25 heteroatoms. The molecule has 2 aromatic carbocycles. The summed E-state index contributed by atoms with van der Waals surface area (Å²) in [6.07, 6.45) is -20.7. The fourth-order valence-corrected chi connectivity index (χ4v) is 9.20. The summed E-state index contributed by atoms with van der Waals surface area (Å²) >= 11 is 0. The van der Waals surface area contributed by atoms with Gasteiger partial charge in [0, 0.05) is 56.1 Å². The van der Waals surface area contributed by atoms with Gasteiger partial charge in [-0.2, -0.15) is 0 Å². The van der Waals surface area contributed by atoms with Crippen molar-refractivity contribution in [2.45, 2.75) is 151 Å². The molecular weight excluding hydrogens is 1010 g/mol. The number of allylic oxidation sites excluding steroid dienone is 1. The summed E-state index contributed by atoms with van der Waals surface area (Å²) in [5.41, 5.74) is 1.18. The van der Waals surface area contributed by atoms with E-state index in [0.717, 1.165) is 34.9 Å². The molecule has 0 aliphatic carbocycles. The number of para-hydroxylation sites is 1. The molecule has 3 fully saturated rings. The highest BCUT2D eigenvalue weighted by Gasteiger charge is 2.53. The van der Waals surface area contributed by atoms with Crippen LogP contribution in [0.3, 0.4) is 0 Å². The number of aliphatic hydroxyl groups is 7. The first-order valence-electron chi connectivity index (χ1n) is 25.1. The number of nitrogens with one attached hydrogen (secondary N) is 4. The second-order valence-corrected chi connectivity index (χ2v) is 19.5. The maximum Gasteiger partial charge on any atom is 0.330 e. The van der Waals surface area contributed by atoms with Crippen molar-refractivity contribution < 1.29 is 83.4 Å². The predicted molar refractivity (Wildman–Crippen MR) is 266 cm³/mol. The Morgan fingerprint density at radius 2 is 1.44 bits per heavy atom. The Morgan fingerprint density at radius 1 is 0.792 bits per heavy atom. The quantitative estimate of drug-likeness (QED) is 0.0328. The lowest BCUT2D eigenvalue weighted by molar-refractivity contribution is -0.347. The molecule has 416 valence electrons. The zero-order chi connectivity index (χ0) is 55.7. The molecule has 4 aliphatic rings. The summed E-state index contributed by atoms with van der Waals surface area (Å²) in [7, 11) is 0. The zero-order valence-electron chi connectivity index (χ0n) is 42.2. The monoisotopic (exact) mass is 1080 g/mol. The van der Waals surface area contributed by atoms with Crippen LogP contribution in [0.2, 0.25) is 0 Å². The first-order chi connectivity index (χ1) is 36.7. The van der Waals surface area contributed by atoms with Crippen LogP contribution in [0.15, 0.2) is 82.5 Å². The topological polar surface area (TPSA) is 367 Å². The Hall–Kier alpha value is -6.67. The van der Waals surface area contributed by atoms with E-state index in [9.17, 15) is 69.3 Å². The lowest BCUT2D eigenvalue weighted by atomic mass is 9.91. The van der Waals surface area contributed by atoms with Gasteiger partial charge < -0.3 is 80.3 Å². The highest BCUT2D eigenvalue weighted by molar-refractivity contribution is 5.95. The van der Waals surface area contributed by atoms with Gasteiger partial charge in [0.05, 0.1) is 30.9 Å². The first-order valence-corrected chi connectivity index (χ1v) is 25.1. The van der Waals surface area contributed by atoms with E-state index < -0.39 is 146 Å². The summed E-state index contributed by atoms with van der Waals surface area (Å²) in [6.45, 7) is 4.36. The van der Waals surface area contributed by atoms with E-state index in [1.54, 1.807) is 23.1 Å². The van der Waals surface area contributed by atoms with Crippen LogP contribution < -0.4 is 32.1 Å². The number of carbonyl (C=O) groups excluding carboxylic acids is 5. The number of aromatic nitrogens is 2. The summed E-state index contributed by atoms with van der Waals surface area (Å²) in [5.74, 6) is 3.15. The maximum absolute atomic E-state index is 13.6. The molecule has 0 unspecified atom stereocenters. The number of aliphatic hydroxyl groups excluding tert-OH is 7. The van der Waals surface area contributed by atoms with Gasteiger partial charge in [-0.25, -0.2) is 4.79 Å². The van der Waals surface area contributed by atoms with Gasteiger partial charge in [0.25, 0.3) is 5.56 Å². The van der Waals surface area contributed by atoms with Gasteiger partial charge in [-0.05, 0) is 42.2 Å². The molecule has 0 spiro atoms. The third kappa shape index (κ3) is 14.5. The minimum Gasteiger partial charge on any atom is -0.463 e. The lowest BCUT2D eigenvalue weighted by Crippen LogP contribution is -2.69. The average Bonchev–Trinajstić information content (AvgIpc) is 3.68. The number of amides is 4. The number of hydrogen-bond donors (Lipinski definition) is 11. The number of esters is 1. The van der Waals surface area contributed by atoms with E-state index >= 15 is 0 Å². The molecule has 1 aromatic heterocycles. The molecular formula is C52H64N6O19. The fourth-order valence-electron chi connectivity index (χ4n) is 9.20. The summed E-state index contributed by atoms with van der Waals surface area (Å²) in [5, 5.41) is 86.0. The molecule has 11 N–H and O–H groups in total. The Balaban J connectivity index is 0.985. The first kappa shape index (κ1) is 58.0. The summed E-state index contributed by atoms with van der Waals surface area (Å²) < 4.78 is 29.9. The van der Waals surface area contributed by atoms with Crippen molar-refractivity contribution in [3.8, 4) is 11.8 Å². The van der Waals surface area contributed by atoms with Crippen LogP contribution in [0.25, 0.3) is 0 Å². The number of hydrogen-bond acceptors (Lipinski definition) is 19. The standard InChI is InChI=1S/C52H64N6O19/c1-26(2)9-8-14-36(62)55-41-45(69)42(66)33(23-32(60)48-46(70)47(71)49(76-48)57-22-20-37(63)56-52(57)72)74-51(41)77-50-40(54-27(3)59)44(68)43(67)34(75-50)25-73-39(65)18-17-35(61)53-21-19-38(64)58-24-30-12-5-4-10-28(30)15-16-29-11-6-7-13-31(29)58/h4-8,10-14,20,22,26,32-34,40-51,60,66-71H,9,17-19,21,23-25H2,1-3H3,(H,53,61)(H,54,59)(H,55,62)(H,56,63,72)/b14-8+/t32-,33-,34-,40-,41-,42+,43-,44-,45-,46+,47-,48-,49-,50-,51+/m1/s1. The number of carbonyl (C=O) groups is 5. The number of fused-ring (bicyclic) bond motifs is 2. The van der Waals surface area contributed by atoms with Crippen molar-refractivity contribution in [1.29, 1.82) is 0 Å². The van der Waals surface area contributed by atoms with Crippen LogP contribution in [0, 0.1) is 17.8 Å². The normalized spacial score (nSPS) is 29.2. The number of H-pyrrole nitrogens is 1. The van der Waals surface area contributed by atoms with Gasteiger partial charge in [-0.3, -0.25) is 38.3 Å². The smallest absolute Gasteiger partial charge is 0.330 e. The van der Waals surface area contributed by atoms with Gasteiger partial charge in [0.1, 0.15) is 67.5 Å². The number of rotatable bonds is 19. The van der Waals surface area contributed by atoms with Gasteiger partial charge in [0.2, 0.25) is 23.6 Å². The minimum absolute atomic E-state index is 0.0530. The maximum atomic E-state index is 13.6. The van der Waals surface area contributed by atoms with Crippen molar-refractivity contribution in [1.82, 2.24) is 25.5 Å². The van der Waals surface area contributed by atoms with Gasteiger partial charge >= 0.3 is 11.7 Å². The zero-order valence-corrected chi connectivity index (χ0v) is 42.2. The van der Waals surface area contributed by atoms with Gasteiger partial charge in [-0.15, -0.1) is 0 Å². The van der Waals surface area contributed by atoms with Crippen molar-refractivity contribution in [3.05, 3.63) is 110 Å². The minimum atomic E-state index is -1.96. The molecule has 77 heavy (non-hydrogen) atoms. The third-order valence-corrected chi connectivity index (χ3v) is 13.3. The van der Waals surface area contributed by atoms with Crippen molar-refractivity contribution >= 4 is 35.3 Å². The molecule has 3 saturated heterocycles. The molecule has 25 nitrogen and oxygen atoms in total. The molecule has 4 aliphatic heterocycles. The summed E-state index contributed by atoms with van der Waals surface area (Å²) in [4.78, 5) is 92.8. The molecule has 0 saturated carbocycles. The Kier molecular flexibility index (Phi) is 19.7. The van der Waals surface area contributed by atoms with Crippen LogP contribution in [0.4, 0.5) is 5.69 Å². The molecule has 5 heterocycles. The Labute approximate surface area is 440 Å². The Bertz CT molecular complexity index is 2810. The number of aromatic amines is 1. The van der Waals surface area contributed by atoms with E-state index in [0.29, 0.717) is 17.7 Å². The largest absolute Gasteiger partial charge is 0.463 e. The second-order valence-electron chi connectivity index (χ2n) is 19.5. The molecule has 3 aromatic rings. The molecule has 15 atom stereocenters. The highest BCUT2D eigenvalue weighted by Crippen LogP contribution is 2.35. The van der Waals surface area contributed by atoms with Crippen LogP contribution in [-0.4, -0.2) is 174 Å². The SMILES string of the molecule is CC(=O)N[C@H]1[C@@H](O[C@@H]2O[C@H](C[C@@H](O)[C@H]3O[C@@H](n4ccc(=O)[nH]c4=O)[C@H](O)[C@@H]3O)[C@H](O)[C@H](O)[C@H]2NC(=O)/C=C/CC(C)C)O[C@H](COC(=O)CCC(=O)NCCC(=O)N2Cc3ccccc3C#Cc3ccccc32)[C@@H](O)[C@@H]1O. The molecule has 4 amide bonds. The van der Waals surface area contributed by atoms with Gasteiger partial charge in [-0.1, -0.05) is 62.1 Å². The van der Waals surface area contributed by atoms with Crippen LogP contribution in [0.5, 0.6) is 0 Å². The second kappa shape index (κ2) is 26.1. The molecule has 7 rings (SSSR count). The fraction of sp³-hybridized carbons (Fsp3) is 0.519. The van der Waals surface area contributed by atoms with E-state index in [4.69, 9.17) is 23.7 Å².